The van der Waals surface area contributed by atoms with Crippen LogP contribution in [0.15, 0.2) is 42.7 Å². The zero-order valence-corrected chi connectivity index (χ0v) is 14.2. The first-order valence-corrected chi connectivity index (χ1v) is 8.24. The van der Waals surface area contributed by atoms with Gasteiger partial charge in [-0.3, -0.25) is 9.78 Å². The molecule has 1 aromatic carbocycles. The summed E-state index contributed by atoms with van der Waals surface area (Å²) < 4.78 is 11.2. The first kappa shape index (κ1) is 16.6. The largest absolute Gasteiger partial charge is 0.496 e. The molecule has 0 radical (unpaired) electrons. The zero-order valence-electron chi connectivity index (χ0n) is 13.4. The summed E-state index contributed by atoms with van der Waals surface area (Å²) in [4.78, 5) is 18.6. The molecule has 24 heavy (non-hydrogen) atoms. The second-order valence-electron chi connectivity index (χ2n) is 5.64. The number of piperidine rings is 1. The summed E-state index contributed by atoms with van der Waals surface area (Å²) in [6.07, 6.45) is 5.08. The van der Waals surface area contributed by atoms with Gasteiger partial charge in [0.2, 0.25) is 0 Å². The van der Waals surface area contributed by atoms with Crippen molar-refractivity contribution in [3.8, 4) is 11.5 Å². The summed E-state index contributed by atoms with van der Waals surface area (Å²) in [7, 11) is 1.55. The Kier molecular flexibility index (Phi) is 5.20. The second-order valence-corrected chi connectivity index (χ2v) is 6.08. The Morgan fingerprint density at radius 3 is 2.75 bits per heavy atom. The first-order valence-electron chi connectivity index (χ1n) is 7.87. The van der Waals surface area contributed by atoms with Crippen LogP contribution in [-0.4, -0.2) is 42.1 Å². The second kappa shape index (κ2) is 7.53. The molecular weight excluding hydrogens is 328 g/mol. The molecule has 126 valence electrons. The lowest BCUT2D eigenvalue weighted by molar-refractivity contribution is 0.0592. The Morgan fingerprint density at radius 2 is 2.08 bits per heavy atom. The predicted octanol–water partition coefficient (Wildman–Crippen LogP) is 3.43. The predicted molar refractivity (Wildman–Crippen MR) is 91.8 cm³/mol. The number of aromatic nitrogens is 1. The molecule has 0 aliphatic carbocycles. The van der Waals surface area contributed by atoms with Crippen molar-refractivity contribution in [2.24, 2.45) is 0 Å². The SMILES string of the molecule is COc1ccc(Cl)cc1C(=O)N1CCC(Oc2cccnc2)CC1. The van der Waals surface area contributed by atoms with Crippen molar-refractivity contribution in [1.29, 1.82) is 0 Å². The number of carbonyl (C=O) groups excluding carboxylic acids is 1. The van der Waals surface area contributed by atoms with Crippen molar-refractivity contribution in [3.05, 3.63) is 53.3 Å². The number of hydrogen-bond donors (Lipinski definition) is 0. The normalized spacial score (nSPS) is 15.2. The van der Waals surface area contributed by atoms with Crippen molar-refractivity contribution < 1.29 is 14.3 Å². The highest BCUT2D eigenvalue weighted by Crippen LogP contribution is 2.26. The summed E-state index contributed by atoms with van der Waals surface area (Å²) in [6.45, 7) is 1.28. The molecule has 3 rings (SSSR count). The van der Waals surface area contributed by atoms with Crippen LogP contribution in [0.25, 0.3) is 0 Å². The third-order valence-electron chi connectivity index (χ3n) is 4.06. The summed E-state index contributed by atoms with van der Waals surface area (Å²) in [5, 5.41) is 0.522. The Balaban J connectivity index is 1.62. The Bertz CT molecular complexity index is 701. The van der Waals surface area contributed by atoms with Crippen LogP contribution >= 0.6 is 11.6 Å². The van der Waals surface area contributed by atoms with E-state index in [1.165, 1.54) is 0 Å². The van der Waals surface area contributed by atoms with E-state index in [1.54, 1.807) is 37.7 Å². The van der Waals surface area contributed by atoms with Crippen molar-refractivity contribution in [2.75, 3.05) is 20.2 Å². The maximum absolute atomic E-state index is 12.7. The number of pyridine rings is 1. The molecule has 0 atom stereocenters. The van der Waals surface area contributed by atoms with Gasteiger partial charge in [-0.2, -0.15) is 0 Å². The van der Waals surface area contributed by atoms with Crippen molar-refractivity contribution in [3.63, 3.8) is 0 Å². The zero-order chi connectivity index (χ0) is 16.9. The molecule has 6 heteroatoms. The van der Waals surface area contributed by atoms with Crippen LogP contribution in [0.1, 0.15) is 23.2 Å². The van der Waals surface area contributed by atoms with Crippen molar-refractivity contribution >= 4 is 17.5 Å². The molecule has 0 spiro atoms. The minimum Gasteiger partial charge on any atom is -0.496 e. The number of methoxy groups -OCH3 is 1. The van der Waals surface area contributed by atoms with E-state index in [2.05, 4.69) is 4.98 Å². The number of hydrogen-bond acceptors (Lipinski definition) is 4. The van der Waals surface area contributed by atoms with Crippen molar-refractivity contribution in [1.82, 2.24) is 9.88 Å². The van der Waals surface area contributed by atoms with Gasteiger partial charge in [0, 0.05) is 37.2 Å². The first-order chi connectivity index (χ1) is 11.7. The van der Waals surface area contributed by atoms with Gasteiger partial charge in [-0.1, -0.05) is 11.6 Å². The third kappa shape index (κ3) is 3.79. The number of nitrogens with zero attached hydrogens (tertiary/aromatic N) is 2. The quantitative estimate of drug-likeness (QED) is 0.851. The van der Waals surface area contributed by atoms with Gasteiger partial charge in [0.1, 0.15) is 17.6 Å². The molecule has 1 aliphatic rings. The van der Waals surface area contributed by atoms with Gasteiger partial charge >= 0.3 is 0 Å². The van der Waals surface area contributed by atoms with E-state index in [9.17, 15) is 4.79 Å². The average Bonchev–Trinajstić information content (AvgIpc) is 2.62. The fourth-order valence-electron chi connectivity index (χ4n) is 2.80. The third-order valence-corrected chi connectivity index (χ3v) is 4.29. The molecule has 1 fully saturated rings. The summed E-state index contributed by atoms with van der Waals surface area (Å²) in [5.41, 5.74) is 0.497. The number of amides is 1. The number of halogens is 1. The lowest BCUT2D eigenvalue weighted by atomic mass is 10.1. The average molecular weight is 347 g/mol. The lowest BCUT2D eigenvalue weighted by Crippen LogP contribution is -2.41. The minimum absolute atomic E-state index is 0.0609. The Hall–Kier alpha value is -2.27. The van der Waals surface area contributed by atoms with Crippen LogP contribution in [0.5, 0.6) is 11.5 Å². The number of ether oxygens (including phenoxy) is 2. The smallest absolute Gasteiger partial charge is 0.257 e. The highest BCUT2D eigenvalue weighted by atomic mass is 35.5. The highest BCUT2D eigenvalue weighted by molar-refractivity contribution is 6.31. The summed E-state index contributed by atoms with van der Waals surface area (Å²) in [6, 6.07) is 8.82. The Morgan fingerprint density at radius 1 is 1.29 bits per heavy atom. The van der Waals surface area contributed by atoms with E-state index in [0.717, 1.165) is 18.6 Å². The molecule has 5 nitrogen and oxygen atoms in total. The molecule has 2 heterocycles. The van der Waals surface area contributed by atoms with E-state index in [0.29, 0.717) is 29.4 Å². The van der Waals surface area contributed by atoms with E-state index >= 15 is 0 Å². The molecular formula is C18H19ClN2O3. The van der Waals surface area contributed by atoms with Crippen LogP contribution in [0, 0.1) is 0 Å². The molecule has 1 aromatic heterocycles. The van der Waals surface area contributed by atoms with E-state index < -0.39 is 0 Å². The fourth-order valence-corrected chi connectivity index (χ4v) is 2.98. The maximum atomic E-state index is 12.7. The van der Waals surface area contributed by atoms with E-state index in [1.807, 2.05) is 17.0 Å². The van der Waals surface area contributed by atoms with Gasteiger partial charge in [-0.05, 0) is 30.3 Å². The van der Waals surface area contributed by atoms with Crippen LogP contribution in [-0.2, 0) is 0 Å². The molecule has 0 N–H and O–H groups in total. The summed E-state index contributed by atoms with van der Waals surface area (Å²) in [5.74, 6) is 1.24. The van der Waals surface area contributed by atoms with Gasteiger partial charge in [0.25, 0.3) is 5.91 Å². The van der Waals surface area contributed by atoms with E-state index in [4.69, 9.17) is 21.1 Å². The van der Waals surface area contributed by atoms with Crippen LogP contribution in [0.4, 0.5) is 0 Å². The van der Waals surface area contributed by atoms with Crippen molar-refractivity contribution in [2.45, 2.75) is 18.9 Å². The number of carbonyl (C=O) groups is 1. The monoisotopic (exact) mass is 346 g/mol. The molecule has 1 aliphatic heterocycles. The molecule has 0 unspecified atom stereocenters. The molecule has 2 aromatic rings. The Labute approximate surface area is 146 Å². The van der Waals surface area contributed by atoms with Crippen LogP contribution in [0.2, 0.25) is 5.02 Å². The lowest BCUT2D eigenvalue weighted by Gasteiger charge is -2.32. The molecule has 1 amide bonds. The van der Waals surface area contributed by atoms with Gasteiger partial charge in [-0.25, -0.2) is 0 Å². The fraction of sp³-hybridized carbons (Fsp3) is 0.333. The number of likely N-dealkylation sites (tertiary alicyclic amines) is 1. The van der Waals surface area contributed by atoms with Crippen LogP contribution < -0.4 is 9.47 Å². The molecule has 1 saturated heterocycles. The van der Waals surface area contributed by atoms with Gasteiger partial charge in [0.05, 0.1) is 18.9 Å². The summed E-state index contributed by atoms with van der Waals surface area (Å²) >= 11 is 6.02. The van der Waals surface area contributed by atoms with Crippen LogP contribution in [0.3, 0.4) is 0 Å². The van der Waals surface area contributed by atoms with Gasteiger partial charge < -0.3 is 14.4 Å². The number of rotatable bonds is 4. The van der Waals surface area contributed by atoms with E-state index in [-0.39, 0.29) is 12.0 Å². The topological polar surface area (TPSA) is 51.7 Å². The molecule has 0 bridgehead atoms. The van der Waals surface area contributed by atoms with Gasteiger partial charge in [0.15, 0.2) is 0 Å². The minimum atomic E-state index is -0.0609. The molecule has 0 saturated carbocycles. The van der Waals surface area contributed by atoms with Gasteiger partial charge in [-0.15, -0.1) is 0 Å². The standard InChI is InChI=1S/C18H19ClN2O3/c1-23-17-5-4-13(19)11-16(17)18(22)21-9-6-14(7-10-21)24-15-3-2-8-20-12-15/h2-5,8,11-12,14H,6-7,9-10H2,1H3. The number of benzene rings is 1. The maximum Gasteiger partial charge on any atom is 0.257 e. The highest BCUT2D eigenvalue weighted by Gasteiger charge is 2.26.